The van der Waals surface area contributed by atoms with Gasteiger partial charge in [-0.1, -0.05) is 26.2 Å². The largest absolute Gasteiger partial charge is 0.305 e. The summed E-state index contributed by atoms with van der Waals surface area (Å²) in [6, 6.07) is 0. The van der Waals surface area contributed by atoms with E-state index >= 15 is 0 Å². The highest BCUT2D eigenvalue weighted by Crippen LogP contribution is 2.29. The lowest BCUT2D eigenvalue weighted by molar-refractivity contribution is 0.362. The highest BCUT2D eigenvalue weighted by Gasteiger charge is 2.26. The van der Waals surface area contributed by atoms with Gasteiger partial charge >= 0.3 is 0 Å². The summed E-state index contributed by atoms with van der Waals surface area (Å²) < 4.78 is 0. The first-order valence-corrected chi connectivity index (χ1v) is 9.44. The lowest BCUT2D eigenvalue weighted by atomic mass is 10.00. The topological polar surface area (TPSA) is 24.9 Å². The van der Waals surface area contributed by atoms with Gasteiger partial charge in [-0.2, -0.15) is 11.8 Å². The highest BCUT2D eigenvalue weighted by molar-refractivity contribution is 7.99. The average molecular weight is 299 g/mol. The summed E-state index contributed by atoms with van der Waals surface area (Å²) in [4.78, 5) is 4.48. The van der Waals surface area contributed by atoms with Crippen molar-refractivity contribution >= 4 is 23.1 Å². The Bertz CT molecular complexity index is 347. The Morgan fingerprint density at radius 1 is 1.42 bits per heavy atom. The lowest BCUT2D eigenvalue weighted by Crippen LogP contribution is -2.40. The molecule has 1 aromatic heterocycles. The monoisotopic (exact) mass is 298 g/mol. The third-order valence-corrected chi connectivity index (χ3v) is 6.55. The van der Waals surface area contributed by atoms with Crippen molar-refractivity contribution in [2.24, 2.45) is 0 Å². The molecule has 1 unspecified atom stereocenters. The molecule has 0 aromatic carbocycles. The molecule has 1 saturated carbocycles. The van der Waals surface area contributed by atoms with Crippen molar-refractivity contribution in [3.63, 3.8) is 0 Å². The van der Waals surface area contributed by atoms with Gasteiger partial charge in [0.15, 0.2) is 0 Å². The molecule has 0 radical (unpaired) electrons. The minimum Gasteiger partial charge on any atom is -0.305 e. The zero-order valence-electron chi connectivity index (χ0n) is 12.2. The number of nitrogens with one attached hydrogen (secondary N) is 1. The van der Waals surface area contributed by atoms with Crippen LogP contribution in [0.4, 0.5) is 0 Å². The molecule has 1 aromatic rings. The molecule has 0 amide bonds. The van der Waals surface area contributed by atoms with Crippen LogP contribution in [0.5, 0.6) is 0 Å². The van der Waals surface area contributed by atoms with Gasteiger partial charge in [0.05, 0.1) is 5.54 Å². The third-order valence-electron chi connectivity index (χ3n) is 4.13. The zero-order chi connectivity index (χ0) is 13.6. The standard InChI is InChI=1S/C15H26N2S2/c1-3-15(2,14-16-9-11-19-14)17-10-12-18-13-7-5-4-6-8-13/h9,11,13,17H,3-8,10,12H2,1-2H3. The summed E-state index contributed by atoms with van der Waals surface area (Å²) in [6.45, 7) is 5.60. The van der Waals surface area contributed by atoms with Crippen LogP contribution in [-0.2, 0) is 5.54 Å². The molecule has 2 rings (SSSR count). The molecule has 4 heteroatoms. The van der Waals surface area contributed by atoms with E-state index in [4.69, 9.17) is 0 Å². The number of rotatable bonds is 7. The maximum atomic E-state index is 4.48. The molecule has 1 aliphatic rings. The number of aromatic nitrogens is 1. The Labute approximate surface area is 125 Å². The molecule has 19 heavy (non-hydrogen) atoms. The molecule has 0 spiro atoms. The van der Waals surface area contributed by atoms with E-state index in [-0.39, 0.29) is 5.54 Å². The molecule has 0 bridgehead atoms. The summed E-state index contributed by atoms with van der Waals surface area (Å²) >= 11 is 3.93. The van der Waals surface area contributed by atoms with Gasteiger partial charge in [0.25, 0.3) is 0 Å². The number of thiazole rings is 1. The quantitative estimate of drug-likeness (QED) is 0.754. The predicted octanol–water partition coefficient (Wildman–Crippen LogP) is 4.42. The minimum absolute atomic E-state index is 0.0568. The first-order valence-electron chi connectivity index (χ1n) is 7.51. The fourth-order valence-corrected chi connectivity index (χ4v) is 4.70. The van der Waals surface area contributed by atoms with Gasteiger partial charge in [-0.05, 0) is 26.2 Å². The number of hydrogen-bond acceptors (Lipinski definition) is 4. The van der Waals surface area contributed by atoms with Crippen molar-refractivity contribution in [2.45, 2.75) is 63.2 Å². The number of hydrogen-bond donors (Lipinski definition) is 1. The summed E-state index contributed by atoms with van der Waals surface area (Å²) in [6.07, 6.45) is 10.2. The van der Waals surface area contributed by atoms with Crippen LogP contribution in [0.15, 0.2) is 11.6 Å². The highest BCUT2D eigenvalue weighted by atomic mass is 32.2. The molecule has 1 N–H and O–H groups in total. The van der Waals surface area contributed by atoms with Crippen LogP contribution < -0.4 is 5.32 Å². The van der Waals surface area contributed by atoms with Gasteiger partial charge in [-0.25, -0.2) is 4.98 Å². The summed E-state index contributed by atoms with van der Waals surface area (Å²) in [5.74, 6) is 1.23. The minimum atomic E-state index is 0.0568. The zero-order valence-corrected chi connectivity index (χ0v) is 13.8. The Hall–Kier alpha value is -0.0600. The van der Waals surface area contributed by atoms with E-state index in [0.717, 1.165) is 18.2 Å². The van der Waals surface area contributed by atoms with E-state index in [0.29, 0.717) is 0 Å². The van der Waals surface area contributed by atoms with Crippen LogP contribution in [0.25, 0.3) is 0 Å². The van der Waals surface area contributed by atoms with Crippen molar-refractivity contribution in [1.29, 1.82) is 0 Å². The maximum absolute atomic E-state index is 4.48. The van der Waals surface area contributed by atoms with Crippen LogP contribution >= 0.6 is 23.1 Å². The molecule has 1 fully saturated rings. The molecule has 0 saturated heterocycles. The third kappa shape index (κ3) is 4.47. The molecule has 0 aliphatic heterocycles. The summed E-state index contributed by atoms with van der Waals surface area (Å²) in [7, 11) is 0. The molecule has 1 atom stereocenters. The smallest absolute Gasteiger partial charge is 0.112 e. The molecule has 1 heterocycles. The Morgan fingerprint density at radius 3 is 2.84 bits per heavy atom. The van der Waals surface area contributed by atoms with E-state index in [1.54, 1.807) is 11.3 Å². The fraction of sp³-hybridized carbons (Fsp3) is 0.800. The first-order chi connectivity index (χ1) is 9.24. The number of thioether (sulfide) groups is 1. The molecule has 1 aliphatic carbocycles. The van der Waals surface area contributed by atoms with E-state index in [1.807, 2.05) is 6.20 Å². The summed E-state index contributed by atoms with van der Waals surface area (Å²) in [5.41, 5.74) is 0.0568. The normalized spacial score (nSPS) is 20.3. The van der Waals surface area contributed by atoms with Crippen molar-refractivity contribution in [2.75, 3.05) is 12.3 Å². The van der Waals surface area contributed by atoms with Gasteiger partial charge in [0, 0.05) is 29.1 Å². The van der Waals surface area contributed by atoms with Gasteiger partial charge in [-0.15, -0.1) is 11.3 Å². The molecular formula is C15H26N2S2. The van der Waals surface area contributed by atoms with Crippen LogP contribution in [0.2, 0.25) is 0 Å². The van der Waals surface area contributed by atoms with Crippen LogP contribution in [0.1, 0.15) is 57.4 Å². The van der Waals surface area contributed by atoms with Crippen molar-refractivity contribution in [3.05, 3.63) is 16.6 Å². The Balaban J connectivity index is 1.71. The van der Waals surface area contributed by atoms with Crippen molar-refractivity contribution < 1.29 is 0 Å². The van der Waals surface area contributed by atoms with Crippen molar-refractivity contribution in [1.82, 2.24) is 10.3 Å². The van der Waals surface area contributed by atoms with Gasteiger partial charge in [0.2, 0.25) is 0 Å². The first kappa shape index (κ1) is 15.3. The maximum Gasteiger partial charge on any atom is 0.112 e. The van der Waals surface area contributed by atoms with Gasteiger partial charge in [0.1, 0.15) is 5.01 Å². The van der Waals surface area contributed by atoms with Gasteiger partial charge in [-0.3, -0.25) is 0 Å². The van der Waals surface area contributed by atoms with Crippen molar-refractivity contribution in [3.8, 4) is 0 Å². The van der Waals surface area contributed by atoms with Crippen LogP contribution in [0, 0.1) is 0 Å². The summed E-state index contributed by atoms with van der Waals surface area (Å²) in [5, 5.41) is 7.93. The molecule has 2 nitrogen and oxygen atoms in total. The lowest BCUT2D eigenvalue weighted by Gasteiger charge is -2.28. The Kier molecular flexibility index (Phi) is 6.17. The van der Waals surface area contributed by atoms with Crippen LogP contribution in [-0.4, -0.2) is 22.5 Å². The fourth-order valence-electron chi connectivity index (χ4n) is 2.63. The Morgan fingerprint density at radius 2 is 2.21 bits per heavy atom. The van der Waals surface area contributed by atoms with E-state index in [9.17, 15) is 0 Å². The molecular weight excluding hydrogens is 272 g/mol. The second-order valence-electron chi connectivity index (χ2n) is 5.58. The van der Waals surface area contributed by atoms with Gasteiger partial charge < -0.3 is 5.32 Å². The average Bonchev–Trinajstić information content (AvgIpc) is 2.99. The molecule has 108 valence electrons. The van der Waals surface area contributed by atoms with E-state index in [1.165, 1.54) is 42.9 Å². The second-order valence-corrected chi connectivity index (χ2v) is 7.88. The van der Waals surface area contributed by atoms with E-state index < -0.39 is 0 Å². The second kappa shape index (κ2) is 7.65. The van der Waals surface area contributed by atoms with E-state index in [2.05, 4.69) is 41.3 Å². The SMILES string of the molecule is CCC(C)(NCCSC1CCCCC1)c1nccs1. The predicted molar refractivity (Wildman–Crippen MR) is 87.1 cm³/mol. The van der Waals surface area contributed by atoms with Crippen LogP contribution in [0.3, 0.4) is 0 Å². The number of nitrogens with zero attached hydrogens (tertiary/aromatic N) is 1.